The zero-order valence-corrected chi connectivity index (χ0v) is 10.4. The van der Waals surface area contributed by atoms with Gasteiger partial charge in [0.25, 0.3) is 0 Å². The molecule has 0 aromatic carbocycles. The van der Waals surface area contributed by atoms with Gasteiger partial charge in [-0.25, -0.2) is 0 Å². The highest BCUT2D eigenvalue weighted by atomic mass is 16.7. The summed E-state index contributed by atoms with van der Waals surface area (Å²) in [4.78, 5) is 0. The van der Waals surface area contributed by atoms with Crippen molar-refractivity contribution in [1.82, 2.24) is 0 Å². The van der Waals surface area contributed by atoms with Gasteiger partial charge in [0.2, 0.25) is 0 Å². The highest BCUT2D eigenvalue weighted by Crippen LogP contribution is 2.40. The summed E-state index contributed by atoms with van der Waals surface area (Å²) < 4.78 is 21.6. The molecule has 0 aromatic heterocycles. The topological polar surface area (TPSA) is 57.2 Å². The lowest BCUT2D eigenvalue weighted by Gasteiger charge is -2.40. The summed E-state index contributed by atoms with van der Waals surface area (Å²) in [5.74, 6) is -0.418. The fourth-order valence-corrected chi connectivity index (χ4v) is 2.43. The summed E-state index contributed by atoms with van der Waals surface area (Å²) in [6.45, 7) is 2.79. The van der Waals surface area contributed by atoms with E-state index in [0.717, 1.165) is 12.8 Å². The molecule has 1 aliphatic heterocycles. The van der Waals surface area contributed by atoms with Crippen LogP contribution < -0.4 is 0 Å². The Bertz CT molecular complexity index is 227. The summed E-state index contributed by atoms with van der Waals surface area (Å²) >= 11 is 0. The first-order chi connectivity index (χ1) is 8.18. The lowest BCUT2D eigenvalue weighted by molar-refractivity contribution is -0.209. The Labute approximate surface area is 102 Å². The molecule has 17 heavy (non-hydrogen) atoms. The second kappa shape index (κ2) is 5.63. The maximum atomic E-state index is 10.3. The van der Waals surface area contributed by atoms with Crippen molar-refractivity contribution in [2.45, 2.75) is 37.1 Å². The van der Waals surface area contributed by atoms with Gasteiger partial charge in [0.15, 0.2) is 5.79 Å². The molecule has 1 spiro atoms. The SMILES string of the molecule is COCCOCC1(O)CCC2(CC1)OCCO2. The predicted octanol–water partition coefficient (Wildman–Crippen LogP) is 0.698. The molecule has 0 unspecified atom stereocenters. The van der Waals surface area contributed by atoms with Crippen LogP contribution in [0.5, 0.6) is 0 Å². The molecule has 0 atom stereocenters. The predicted molar refractivity (Wildman–Crippen MR) is 60.7 cm³/mol. The molecule has 0 aromatic rings. The first-order valence-corrected chi connectivity index (χ1v) is 6.25. The summed E-state index contributed by atoms with van der Waals surface area (Å²) in [5, 5.41) is 10.3. The zero-order valence-electron chi connectivity index (χ0n) is 10.4. The van der Waals surface area contributed by atoms with E-state index in [1.54, 1.807) is 7.11 Å². The van der Waals surface area contributed by atoms with Gasteiger partial charge in [-0.15, -0.1) is 0 Å². The molecule has 100 valence electrons. The van der Waals surface area contributed by atoms with Crippen molar-refractivity contribution in [3.05, 3.63) is 0 Å². The second-order valence-electron chi connectivity index (χ2n) is 4.88. The fraction of sp³-hybridized carbons (Fsp3) is 1.00. The number of methoxy groups -OCH3 is 1. The molecule has 1 N–H and O–H groups in total. The third kappa shape index (κ3) is 3.39. The Morgan fingerprint density at radius 3 is 2.29 bits per heavy atom. The lowest BCUT2D eigenvalue weighted by atomic mass is 9.82. The van der Waals surface area contributed by atoms with Crippen LogP contribution in [0.4, 0.5) is 0 Å². The van der Waals surface area contributed by atoms with Crippen molar-refractivity contribution < 1.29 is 24.1 Å². The summed E-state index contributed by atoms with van der Waals surface area (Å²) in [7, 11) is 1.64. The van der Waals surface area contributed by atoms with Gasteiger partial charge >= 0.3 is 0 Å². The highest BCUT2D eigenvalue weighted by molar-refractivity contribution is 4.91. The van der Waals surface area contributed by atoms with Crippen LogP contribution in [0.25, 0.3) is 0 Å². The van der Waals surface area contributed by atoms with Crippen LogP contribution >= 0.6 is 0 Å². The van der Waals surface area contributed by atoms with Gasteiger partial charge in [0, 0.05) is 20.0 Å². The number of ether oxygens (including phenoxy) is 4. The molecular weight excluding hydrogens is 224 g/mol. The van der Waals surface area contributed by atoms with Crippen LogP contribution in [0.3, 0.4) is 0 Å². The van der Waals surface area contributed by atoms with Crippen molar-refractivity contribution in [1.29, 1.82) is 0 Å². The van der Waals surface area contributed by atoms with Crippen LogP contribution in [0.15, 0.2) is 0 Å². The van der Waals surface area contributed by atoms with E-state index in [0.29, 0.717) is 45.9 Å². The molecule has 0 amide bonds. The van der Waals surface area contributed by atoms with Crippen LogP contribution in [0.1, 0.15) is 25.7 Å². The monoisotopic (exact) mass is 246 g/mol. The molecule has 2 fully saturated rings. The molecule has 0 bridgehead atoms. The zero-order chi connectivity index (χ0) is 12.2. The molecule has 1 aliphatic carbocycles. The van der Waals surface area contributed by atoms with E-state index in [1.165, 1.54) is 0 Å². The molecule has 2 rings (SSSR count). The quantitative estimate of drug-likeness (QED) is 0.724. The minimum absolute atomic E-state index is 0.367. The Morgan fingerprint density at radius 2 is 1.71 bits per heavy atom. The van der Waals surface area contributed by atoms with E-state index in [9.17, 15) is 5.11 Å². The molecular formula is C12H22O5. The first kappa shape index (κ1) is 13.2. The second-order valence-corrected chi connectivity index (χ2v) is 4.88. The van der Waals surface area contributed by atoms with Gasteiger partial charge < -0.3 is 24.1 Å². The Morgan fingerprint density at radius 1 is 1.06 bits per heavy atom. The van der Waals surface area contributed by atoms with E-state index in [4.69, 9.17) is 18.9 Å². The highest BCUT2D eigenvalue weighted by Gasteiger charge is 2.45. The minimum Gasteiger partial charge on any atom is -0.387 e. The van der Waals surface area contributed by atoms with Crippen molar-refractivity contribution in [2.24, 2.45) is 0 Å². The van der Waals surface area contributed by atoms with Gasteiger partial charge in [-0.2, -0.15) is 0 Å². The maximum Gasteiger partial charge on any atom is 0.168 e. The van der Waals surface area contributed by atoms with Crippen LogP contribution in [-0.4, -0.2) is 56.6 Å². The van der Waals surface area contributed by atoms with Gasteiger partial charge in [-0.1, -0.05) is 0 Å². The van der Waals surface area contributed by atoms with Crippen LogP contribution in [0, 0.1) is 0 Å². The summed E-state index contributed by atoms with van der Waals surface area (Å²) in [5.41, 5.74) is -0.728. The lowest BCUT2D eigenvalue weighted by Crippen LogP contribution is -2.46. The van der Waals surface area contributed by atoms with Crippen molar-refractivity contribution >= 4 is 0 Å². The first-order valence-electron chi connectivity index (χ1n) is 6.25. The average molecular weight is 246 g/mol. The van der Waals surface area contributed by atoms with Gasteiger partial charge in [-0.05, 0) is 12.8 Å². The molecule has 1 saturated carbocycles. The van der Waals surface area contributed by atoms with Crippen LogP contribution in [0.2, 0.25) is 0 Å². The number of hydrogen-bond donors (Lipinski definition) is 1. The minimum atomic E-state index is -0.728. The van der Waals surface area contributed by atoms with E-state index in [-0.39, 0.29) is 0 Å². The molecule has 0 radical (unpaired) electrons. The normalized spacial score (nSPS) is 26.5. The van der Waals surface area contributed by atoms with E-state index in [1.807, 2.05) is 0 Å². The summed E-state index contributed by atoms with van der Waals surface area (Å²) in [6.07, 6.45) is 2.83. The van der Waals surface area contributed by atoms with Gasteiger partial charge in [0.05, 0.1) is 38.6 Å². The van der Waals surface area contributed by atoms with Gasteiger partial charge in [-0.3, -0.25) is 0 Å². The fourth-order valence-electron chi connectivity index (χ4n) is 2.43. The Balaban J connectivity index is 1.72. The Kier molecular flexibility index (Phi) is 4.38. The van der Waals surface area contributed by atoms with Crippen molar-refractivity contribution in [3.63, 3.8) is 0 Å². The largest absolute Gasteiger partial charge is 0.387 e. The molecule has 5 nitrogen and oxygen atoms in total. The van der Waals surface area contributed by atoms with Crippen molar-refractivity contribution in [3.8, 4) is 0 Å². The van der Waals surface area contributed by atoms with E-state index in [2.05, 4.69) is 0 Å². The average Bonchev–Trinajstić information content (AvgIpc) is 2.79. The molecule has 1 saturated heterocycles. The summed E-state index contributed by atoms with van der Waals surface area (Å²) in [6, 6.07) is 0. The standard InChI is InChI=1S/C12H22O5/c1-14-6-7-15-10-11(13)2-4-12(5-3-11)16-8-9-17-12/h13H,2-10H2,1H3. The maximum absolute atomic E-state index is 10.3. The van der Waals surface area contributed by atoms with E-state index >= 15 is 0 Å². The van der Waals surface area contributed by atoms with Gasteiger partial charge in [0.1, 0.15) is 0 Å². The third-order valence-electron chi connectivity index (χ3n) is 3.56. The van der Waals surface area contributed by atoms with E-state index < -0.39 is 11.4 Å². The number of rotatable bonds is 5. The third-order valence-corrected chi connectivity index (χ3v) is 3.56. The van der Waals surface area contributed by atoms with Crippen LogP contribution in [-0.2, 0) is 18.9 Å². The smallest absolute Gasteiger partial charge is 0.168 e. The molecule has 2 aliphatic rings. The Hall–Kier alpha value is -0.200. The molecule has 5 heteroatoms. The molecule has 1 heterocycles. The number of aliphatic hydroxyl groups is 1. The number of hydrogen-bond acceptors (Lipinski definition) is 5. The van der Waals surface area contributed by atoms with Crippen molar-refractivity contribution in [2.75, 3.05) is 40.1 Å².